The van der Waals surface area contributed by atoms with Crippen molar-refractivity contribution in [3.63, 3.8) is 0 Å². The highest BCUT2D eigenvalue weighted by atomic mass is 35.5. The molecule has 0 spiro atoms. The molecule has 1 aliphatic carbocycles. The van der Waals surface area contributed by atoms with Gasteiger partial charge in [-0.25, -0.2) is 0 Å². The molecule has 29 heavy (non-hydrogen) atoms. The summed E-state index contributed by atoms with van der Waals surface area (Å²) in [6, 6.07) is 5.79. The van der Waals surface area contributed by atoms with Crippen molar-refractivity contribution in [3.05, 3.63) is 45.0 Å². The normalized spacial score (nSPS) is 17.3. The van der Waals surface area contributed by atoms with E-state index in [4.69, 9.17) is 34.8 Å². The molecule has 1 amide bonds. The molecule has 1 saturated carbocycles. The molecule has 9 heteroatoms. The van der Waals surface area contributed by atoms with Crippen LogP contribution in [0.4, 0.5) is 11.5 Å². The Hall–Kier alpha value is -1.76. The molecule has 1 aromatic heterocycles. The summed E-state index contributed by atoms with van der Waals surface area (Å²) < 4.78 is 0. The molecule has 6 nitrogen and oxygen atoms in total. The van der Waals surface area contributed by atoms with Crippen molar-refractivity contribution in [3.8, 4) is 0 Å². The lowest BCUT2D eigenvalue weighted by molar-refractivity contribution is -0.120. The second-order valence-corrected chi connectivity index (χ2v) is 8.78. The van der Waals surface area contributed by atoms with E-state index in [1.807, 2.05) is 18.2 Å². The van der Waals surface area contributed by atoms with Crippen LogP contribution in [0.2, 0.25) is 15.1 Å². The van der Waals surface area contributed by atoms with Crippen molar-refractivity contribution >= 4 is 52.2 Å². The van der Waals surface area contributed by atoms with Crippen molar-refractivity contribution in [1.29, 1.82) is 0 Å². The predicted octanol–water partition coefficient (Wildman–Crippen LogP) is 5.06. The lowest BCUT2D eigenvalue weighted by atomic mass is 9.89. The van der Waals surface area contributed by atoms with Crippen molar-refractivity contribution in [2.24, 2.45) is 5.92 Å². The van der Waals surface area contributed by atoms with E-state index in [2.05, 4.69) is 25.9 Å². The van der Waals surface area contributed by atoms with Gasteiger partial charge >= 0.3 is 0 Å². The Kier molecular flexibility index (Phi) is 6.32. The third-order valence-electron chi connectivity index (χ3n) is 5.52. The van der Waals surface area contributed by atoms with E-state index in [0.29, 0.717) is 39.1 Å². The van der Waals surface area contributed by atoms with Crippen LogP contribution < -0.4 is 15.8 Å². The minimum atomic E-state index is -0.0602. The highest BCUT2D eigenvalue weighted by Gasteiger charge is 2.26. The number of hydrogen-bond acceptors (Lipinski definition) is 5. The third kappa shape index (κ3) is 4.87. The molecule has 0 radical (unpaired) electrons. The van der Waals surface area contributed by atoms with E-state index in [1.165, 1.54) is 0 Å². The molecule has 2 aliphatic rings. The van der Waals surface area contributed by atoms with Gasteiger partial charge in [-0.15, -0.1) is 5.10 Å². The molecule has 1 aromatic carbocycles. The van der Waals surface area contributed by atoms with Crippen molar-refractivity contribution in [1.82, 2.24) is 15.6 Å². The first-order chi connectivity index (χ1) is 14.0. The van der Waals surface area contributed by atoms with Gasteiger partial charge in [0.25, 0.3) is 0 Å². The van der Waals surface area contributed by atoms with Gasteiger partial charge in [0.15, 0.2) is 5.82 Å². The monoisotopic (exact) mass is 453 g/mol. The quantitative estimate of drug-likeness (QED) is 0.597. The maximum Gasteiger partial charge on any atom is 0.238 e. The molecule has 2 aromatic rings. The van der Waals surface area contributed by atoms with Gasteiger partial charge in [-0.3, -0.25) is 15.6 Å². The number of hydrogen-bond donors (Lipinski definition) is 2. The summed E-state index contributed by atoms with van der Waals surface area (Å²) in [5.41, 5.74) is 7.37. The van der Waals surface area contributed by atoms with Crippen LogP contribution >= 0.6 is 34.8 Å². The Morgan fingerprint density at radius 2 is 1.86 bits per heavy atom. The summed E-state index contributed by atoms with van der Waals surface area (Å²) in [6.07, 6.45) is 6.29. The smallest absolute Gasteiger partial charge is 0.238 e. The number of carbonyl (C=O) groups is 1. The minimum absolute atomic E-state index is 0.0602. The van der Waals surface area contributed by atoms with Crippen LogP contribution in [-0.4, -0.2) is 29.2 Å². The largest absolute Gasteiger partial charge is 0.369 e. The van der Waals surface area contributed by atoms with Crippen LogP contribution in [-0.2, 0) is 4.79 Å². The zero-order valence-corrected chi connectivity index (χ0v) is 18.1. The number of piperidine rings is 1. The fourth-order valence-corrected chi connectivity index (χ4v) is 4.41. The Labute approximate surface area is 184 Å². The SMILES string of the molecule is O=C(CC1CC1)NNc1nncc(N2CCC(c3cccc(Cl)c3Cl)CC2)c1Cl. The number of rotatable bonds is 6. The van der Waals surface area contributed by atoms with E-state index in [9.17, 15) is 4.79 Å². The van der Waals surface area contributed by atoms with E-state index in [-0.39, 0.29) is 5.91 Å². The molecular formula is C20H22Cl3N5O. The Morgan fingerprint density at radius 1 is 1.10 bits per heavy atom. The Morgan fingerprint density at radius 3 is 2.59 bits per heavy atom. The molecule has 0 unspecified atom stereocenters. The fraction of sp³-hybridized carbons (Fsp3) is 0.450. The summed E-state index contributed by atoms with van der Waals surface area (Å²) in [5, 5.41) is 9.75. The predicted molar refractivity (Wildman–Crippen MR) is 117 cm³/mol. The minimum Gasteiger partial charge on any atom is -0.369 e. The molecule has 2 fully saturated rings. The first kappa shape index (κ1) is 20.5. The number of amides is 1. The molecule has 2 heterocycles. The summed E-state index contributed by atoms with van der Waals surface area (Å²) in [5.74, 6) is 1.16. The van der Waals surface area contributed by atoms with Gasteiger partial charge in [-0.1, -0.05) is 46.9 Å². The number of nitrogens with zero attached hydrogens (tertiary/aromatic N) is 3. The summed E-state index contributed by atoms with van der Waals surface area (Å²) >= 11 is 19.1. The van der Waals surface area contributed by atoms with E-state index < -0.39 is 0 Å². The van der Waals surface area contributed by atoms with Crippen molar-refractivity contribution in [2.45, 2.75) is 38.0 Å². The van der Waals surface area contributed by atoms with Crippen LogP contribution in [0.3, 0.4) is 0 Å². The van der Waals surface area contributed by atoms with Gasteiger partial charge in [0.2, 0.25) is 5.91 Å². The van der Waals surface area contributed by atoms with Crippen LogP contribution in [0, 0.1) is 5.92 Å². The van der Waals surface area contributed by atoms with Gasteiger partial charge in [0.1, 0.15) is 5.02 Å². The van der Waals surface area contributed by atoms with Gasteiger partial charge in [-0.05, 0) is 49.1 Å². The standard InChI is InChI=1S/C20H22Cl3N5O/c21-15-3-1-2-14(18(15)22)13-6-8-28(9-7-13)16-11-24-26-20(19(16)23)27-25-17(29)10-12-4-5-12/h1-3,11-13H,4-10H2,(H,25,29)(H,26,27). The molecule has 1 aliphatic heterocycles. The average Bonchev–Trinajstić information content (AvgIpc) is 3.53. The fourth-order valence-electron chi connectivity index (χ4n) is 3.69. The lowest BCUT2D eigenvalue weighted by Crippen LogP contribution is -2.34. The molecule has 0 atom stereocenters. The van der Waals surface area contributed by atoms with Gasteiger partial charge < -0.3 is 4.90 Å². The number of hydrazine groups is 1. The zero-order valence-electron chi connectivity index (χ0n) is 15.8. The second-order valence-electron chi connectivity index (χ2n) is 7.62. The maximum absolute atomic E-state index is 11.9. The van der Waals surface area contributed by atoms with Crippen LogP contribution in [0.15, 0.2) is 24.4 Å². The summed E-state index contributed by atoms with van der Waals surface area (Å²) in [4.78, 5) is 14.1. The molecule has 0 bridgehead atoms. The Bertz CT molecular complexity index is 898. The third-order valence-corrected chi connectivity index (χ3v) is 6.72. The summed E-state index contributed by atoms with van der Waals surface area (Å²) in [6.45, 7) is 1.62. The van der Waals surface area contributed by atoms with Gasteiger partial charge in [-0.2, -0.15) is 5.10 Å². The van der Waals surface area contributed by atoms with Gasteiger partial charge in [0, 0.05) is 19.5 Å². The molecule has 154 valence electrons. The lowest BCUT2D eigenvalue weighted by Gasteiger charge is -2.34. The maximum atomic E-state index is 11.9. The Balaban J connectivity index is 1.39. The van der Waals surface area contributed by atoms with Crippen molar-refractivity contribution < 1.29 is 4.79 Å². The zero-order chi connectivity index (χ0) is 20.4. The van der Waals surface area contributed by atoms with E-state index >= 15 is 0 Å². The van der Waals surface area contributed by atoms with Crippen LogP contribution in [0.25, 0.3) is 0 Å². The molecular weight excluding hydrogens is 433 g/mol. The first-order valence-electron chi connectivity index (χ1n) is 9.78. The summed E-state index contributed by atoms with van der Waals surface area (Å²) in [7, 11) is 0. The van der Waals surface area contributed by atoms with Gasteiger partial charge in [0.05, 0.1) is 21.9 Å². The van der Waals surface area contributed by atoms with Crippen molar-refractivity contribution in [2.75, 3.05) is 23.4 Å². The molecule has 4 rings (SSSR count). The number of halogens is 3. The topological polar surface area (TPSA) is 70.1 Å². The number of anilines is 2. The first-order valence-corrected chi connectivity index (χ1v) is 10.9. The number of carbonyl (C=O) groups excluding carboxylic acids is 1. The van der Waals surface area contributed by atoms with Crippen LogP contribution in [0.5, 0.6) is 0 Å². The van der Waals surface area contributed by atoms with E-state index in [0.717, 1.165) is 50.0 Å². The second kappa shape index (κ2) is 8.94. The van der Waals surface area contributed by atoms with Crippen LogP contribution in [0.1, 0.15) is 43.6 Å². The average molecular weight is 455 g/mol. The highest BCUT2D eigenvalue weighted by molar-refractivity contribution is 6.42. The number of aromatic nitrogens is 2. The highest BCUT2D eigenvalue weighted by Crippen LogP contribution is 2.39. The number of nitrogens with one attached hydrogen (secondary N) is 2. The van der Waals surface area contributed by atoms with E-state index in [1.54, 1.807) is 6.20 Å². The number of benzene rings is 1. The molecule has 2 N–H and O–H groups in total. The molecule has 1 saturated heterocycles.